The Kier molecular flexibility index (Phi) is 4.19. The normalized spacial score (nSPS) is 10.1. The molecule has 0 aliphatic carbocycles. The number of carbonyl (C=O) groups excluding carboxylic acids is 1. The molecule has 0 spiro atoms. The molecule has 1 aromatic rings. The Morgan fingerprint density at radius 1 is 1.43 bits per heavy atom. The number of likely N-dealkylation sites (N-methyl/N-ethyl adjacent to an activating group) is 1. The van der Waals surface area contributed by atoms with Gasteiger partial charge in [-0.05, 0) is 19.2 Å². The zero-order valence-corrected chi connectivity index (χ0v) is 8.59. The average Bonchev–Trinajstić information content (AvgIpc) is 2.66. The van der Waals surface area contributed by atoms with Crippen molar-refractivity contribution in [3.63, 3.8) is 0 Å². The van der Waals surface area contributed by atoms with Crippen LogP contribution < -0.4 is 10.6 Å². The first-order valence-electron chi connectivity index (χ1n) is 4.79. The van der Waals surface area contributed by atoms with E-state index >= 15 is 0 Å². The fraction of sp³-hybridized carbons (Fsp3) is 0.500. The van der Waals surface area contributed by atoms with Gasteiger partial charge in [-0.25, -0.2) is 0 Å². The SMILES string of the molecule is CCc1ccc(C(=O)NCCNC)o1. The predicted octanol–water partition coefficient (Wildman–Crippen LogP) is 0.791. The van der Waals surface area contributed by atoms with Gasteiger partial charge in [-0.2, -0.15) is 0 Å². The van der Waals surface area contributed by atoms with Crippen molar-refractivity contribution in [2.45, 2.75) is 13.3 Å². The molecule has 0 bridgehead atoms. The van der Waals surface area contributed by atoms with Gasteiger partial charge in [0.1, 0.15) is 5.76 Å². The fourth-order valence-corrected chi connectivity index (χ4v) is 1.08. The molecule has 0 aliphatic rings. The Morgan fingerprint density at radius 2 is 2.21 bits per heavy atom. The first-order chi connectivity index (χ1) is 6.77. The summed E-state index contributed by atoms with van der Waals surface area (Å²) in [5.41, 5.74) is 0. The van der Waals surface area contributed by atoms with Gasteiger partial charge in [-0.3, -0.25) is 4.79 Å². The van der Waals surface area contributed by atoms with E-state index in [4.69, 9.17) is 4.42 Å². The number of hydrogen-bond acceptors (Lipinski definition) is 3. The van der Waals surface area contributed by atoms with E-state index in [1.807, 2.05) is 20.0 Å². The molecule has 0 atom stereocenters. The average molecular weight is 196 g/mol. The molecule has 0 saturated carbocycles. The summed E-state index contributed by atoms with van der Waals surface area (Å²) in [5.74, 6) is 1.07. The van der Waals surface area contributed by atoms with Crippen LogP contribution in [0.3, 0.4) is 0 Å². The molecule has 4 nitrogen and oxygen atoms in total. The monoisotopic (exact) mass is 196 g/mol. The largest absolute Gasteiger partial charge is 0.456 e. The zero-order valence-electron chi connectivity index (χ0n) is 8.59. The van der Waals surface area contributed by atoms with E-state index in [1.165, 1.54) is 0 Å². The maximum atomic E-state index is 11.4. The van der Waals surface area contributed by atoms with E-state index in [-0.39, 0.29) is 5.91 Å². The smallest absolute Gasteiger partial charge is 0.287 e. The quantitative estimate of drug-likeness (QED) is 0.685. The molecule has 4 heteroatoms. The highest BCUT2D eigenvalue weighted by Crippen LogP contribution is 2.07. The molecule has 0 saturated heterocycles. The van der Waals surface area contributed by atoms with Crippen LogP contribution in [0.4, 0.5) is 0 Å². The molecule has 78 valence electrons. The molecule has 0 aromatic carbocycles. The molecule has 0 aliphatic heterocycles. The van der Waals surface area contributed by atoms with E-state index in [2.05, 4.69) is 10.6 Å². The second-order valence-corrected chi connectivity index (χ2v) is 2.98. The molecule has 2 N–H and O–H groups in total. The van der Waals surface area contributed by atoms with Crippen molar-refractivity contribution < 1.29 is 9.21 Å². The lowest BCUT2D eigenvalue weighted by Gasteiger charge is -2.01. The van der Waals surface area contributed by atoms with Crippen molar-refractivity contribution in [1.29, 1.82) is 0 Å². The van der Waals surface area contributed by atoms with Gasteiger partial charge in [0, 0.05) is 19.5 Å². The Balaban J connectivity index is 2.44. The second kappa shape index (κ2) is 5.44. The number of aryl methyl sites for hydroxylation is 1. The highest BCUT2D eigenvalue weighted by molar-refractivity contribution is 5.91. The van der Waals surface area contributed by atoms with Crippen LogP contribution in [0.1, 0.15) is 23.2 Å². The highest BCUT2D eigenvalue weighted by Gasteiger charge is 2.08. The third kappa shape index (κ3) is 2.88. The summed E-state index contributed by atoms with van der Waals surface area (Å²) in [6.45, 7) is 3.35. The molecule has 1 amide bonds. The first-order valence-corrected chi connectivity index (χ1v) is 4.79. The molecule has 1 aromatic heterocycles. The minimum absolute atomic E-state index is 0.153. The van der Waals surface area contributed by atoms with Crippen LogP contribution in [0, 0.1) is 0 Å². The maximum absolute atomic E-state index is 11.4. The summed E-state index contributed by atoms with van der Waals surface area (Å²) in [4.78, 5) is 11.4. The van der Waals surface area contributed by atoms with Gasteiger partial charge in [0.05, 0.1) is 0 Å². The molecule has 1 rings (SSSR count). The van der Waals surface area contributed by atoms with E-state index in [1.54, 1.807) is 6.07 Å². The van der Waals surface area contributed by atoms with Crippen LogP contribution in [-0.2, 0) is 6.42 Å². The van der Waals surface area contributed by atoms with Gasteiger partial charge in [-0.1, -0.05) is 6.92 Å². The number of furan rings is 1. The lowest BCUT2D eigenvalue weighted by molar-refractivity contribution is 0.0925. The lowest BCUT2D eigenvalue weighted by atomic mass is 10.3. The topological polar surface area (TPSA) is 54.3 Å². The minimum atomic E-state index is -0.153. The number of carbonyl (C=O) groups is 1. The summed E-state index contributed by atoms with van der Waals surface area (Å²) in [6, 6.07) is 3.53. The summed E-state index contributed by atoms with van der Waals surface area (Å²) < 4.78 is 5.29. The molecular weight excluding hydrogens is 180 g/mol. The zero-order chi connectivity index (χ0) is 10.4. The van der Waals surface area contributed by atoms with Crippen LogP contribution in [0.25, 0.3) is 0 Å². The standard InChI is InChI=1S/C10H16N2O2/c1-3-8-4-5-9(14-8)10(13)12-7-6-11-2/h4-5,11H,3,6-7H2,1-2H3,(H,12,13). The van der Waals surface area contributed by atoms with Crippen molar-refractivity contribution in [3.8, 4) is 0 Å². The number of amides is 1. The summed E-state index contributed by atoms with van der Waals surface area (Å²) in [7, 11) is 1.84. The Bertz CT molecular complexity index is 294. The van der Waals surface area contributed by atoms with Crippen molar-refractivity contribution in [3.05, 3.63) is 23.7 Å². The van der Waals surface area contributed by atoms with E-state index < -0.39 is 0 Å². The fourth-order valence-electron chi connectivity index (χ4n) is 1.08. The summed E-state index contributed by atoms with van der Waals surface area (Å²) in [6.07, 6.45) is 0.809. The van der Waals surface area contributed by atoms with Crippen molar-refractivity contribution in [1.82, 2.24) is 10.6 Å². The molecule has 0 radical (unpaired) electrons. The Hall–Kier alpha value is -1.29. The van der Waals surface area contributed by atoms with Crippen molar-refractivity contribution >= 4 is 5.91 Å². The number of nitrogens with one attached hydrogen (secondary N) is 2. The number of rotatable bonds is 5. The van der Waals surface area contributed by atoms with Crippen LogP contribution in [0.2, 0.25) is 0 Å². The summed E-state index contributed by atoms with van der Waals surface area (Å²) >= 11 is 0. The van der Waals surface area contributed by atoms with E-state index in [0.717, 1.165) is 18.7 Å². The van der Waals surface area contributed by atoms with Gasteiger partial charge >= 0.3 is 0 Å². The van der Waals surface area contributed by atoms with Gasteiger partial charge in [0.25, 0.3) is 5.91 Å². The van der Waals surface area contributed by atoms with Gasteiger partial charge in [0.2, 0.25) is 0 Å². The third-order valence-electron chi connectivity index (χ3n) is 1.89. The first kappa shape index (κ1) is 10.8. The van der Waals surface area contributed by atoms with Crippen LogP contribution in [0.5, 0.6) is 0 Å². The predicted molar refractivity (Wildman–Crippen MR) is 54.3 cm³/mol. The van der Waals surface area contributed by atoms with Gasteiger partial charge in [0.15, 0.2) is 5.76 Å². The van der Waals surface area contributed by atoms with Gasteiger partial charge < -0.3 is 15.1 Å². The molecule has 0 unspecified atom stereocenters. The summed E-state index contributed by atoms with van der Waals surface area (Å²) in [5, 5.41) is 5.69. The van der Waals surface area contributed by atoms with E-state index in [0.29, 0.717) is 12.3 Å². The molecule has 14 heavy (non-hydrogen) atoms. The van der Waals surface area contributed by atoms with Crippen molar-refractivity contribution in [2.75, 3.05) is 20.1 Å². The van der Waals surface area contributed by atoms with Crippen molar-refractivity contribution in [2.24, 2.45) is 0 Å². The minimum Gasteiger partial charge on any atom is -0.456 e. The number of hydrogen-bond donors (Lipinski definition) is 2. The lowest BCUT2D eigenvalue weighted by Crippen LogP contribution is -2.30. The maximum Gasteiger partial charge on any atom is 0.287 e. The van der Waals surface area contributed by atoms with E-state index in [9.17, 15) is 4.79 Å². The molecular formula is C10H16N2O2. The Morgan fingerprint density at radius 3 is 2.79 bits per heavy atom. The van der Waals surface area contributed by atoms with Gasteiger partial charge in [-0.15, -0.1) is 0 Å². The third-order valence-corrected chi connectivity index (χ3v) is 1.89. The Labute approximate surface area is 83.7 Å². The second-order valence-electron chi connectivity index (χ2n) is 2.98. The molecule has 1 heterocycles. The van der Waals surface area contributed by atoms with Crippen LogP contribution in [-0.4, -0.2) is 26.0 Å². The van der Waals surface area contributed by atoms with Crippen LogP contribution in [0.15, 0.2) is 16.5 Å². The molecule has 0 fully saturated rings. The highest BCUT2D eigenvalue weighted by atomic mass is 16.3. The van der Waals surface area contributed by atoms with Crippen LogP contribution >= 0.6 is 0 Å².